The summed E-state index contributed by atoms with van der Waals surface area (Å²) < 4.78 is 0. The summed E-state index contributed by atoms with van der Waals surface area (Å²) in [5.74, 6) is -1.10. The highest BCUT2D eigenvalue weighted by Gasteiger charge is 2.06. The van der Waals surface area contributed by atoms with Crippen LogP contribution in [0, 0.1) is 4.91 Å². The summed E-state index contributed by atoms with van der Waals surface area (Å²) in [4.78, 5) is 25.3. The minimum absolute atomic E-state index is 0.413. The van der Waals surface area contributed by atoms with Gasteiger partial charge in [-0.05, 0) is 18.4 Å². The second kappa shape index (κ2) is 10.4. The Labute approximate surface area is 123 Å². The zero-order valence-corrected chi connectivity index (χ0v) is 11.8. The van der Waals surface area contributed by atoms with Gasteiger partial charge in [-0.2, -0.15) is 0 Å². The van der Waals surface area contributed by atoms with Gasteiger partial charge in [0.1, 0.15) is 6.54 Å². The maximum absolute atomic E-state index is 9.50. The zero-order valence-electron chi connectivity index (χ0n) is 11.8. The first-order chi connectivity index (χ1) is 10.2. The van der Waals surface area contributed by atoms with Crippen LogP contribution < -0.4 is 5.43 Å². The summed E-state index contributed by atoms with van der Waals surface area (Å²) in [5.41, 5.74) is 3.00. The van der Waals surface area contributed by atoms with Crippen LogP contribution in [0.15, 0.2) is 40.6 Å². The third kappa shape index (κ3) is 8.35. The summed E-state index contributed by atoms with van der Waals surface area (Å²) in [6, 6.07) is 10.4. The van der Waals surface area contributed by atoms with Gasteiger partial charge >= 0.3 is 5.97 Å². The van der Waals surface area contributed by atoms with Crippen LogP contribution in [-0.2, 0) is 11.3 Å². The summed E-state index contributed by atoms with van der Waals surface area (Å²) in [6.07, 6.45) is 4.63. The van der Waals surface area contributed by atoms with Crippen LogP contribution in [0.25, 0.3) is 0 Å². The molecule has 0 saturated carbocycles. The number of hydrogen-bond acceptors (Lipinski definition) is 4. The molecule has 0 aliphatic carbocycles. The fourth-order valence-corrected chi connectivity index (χ4v) is 1.80. The Morgan fingerprint density at radius 3 is 2.48 bits per heavy atom. The number of nitroso groups, excluding NO2 is 1. The Morgan fingerprint density at radius 1 is 1.29 bits per heavy atom. The quantitative estimate of drug-likeness (QED) is 0.360. The molecule has 1 aromatic rings. The van der Waals surface area contributed by atoms with Crippen molar-refractivity contribution in [1.29, 1.82) is 0 Å². The largest absolute Gasteiger partial charge is 0.480 e. The molecule has 1 aliphatic heterocycles. The van der Waals surface area contributed by atoms with Crippen LogP contribution >= 0.6 is 0 Å². The molecule has 1 aliphatic rings. The van der Waals surface area contributed by atoms with E-state index in [1.54, 1.807) is 5.43 Å². The summed E-state index contributed by atoms with van der Waals surface area (Å²) in [7, 11) is 0. The lowest BCUT2D eigenvalue weighted by atomic mass is 10.2. The van der Waals surface area contributed by atoms with Crippen LogP contribution in [0.2, 0.25) is 0 Å². The first-order valence-corrected chi connectivity index (χ1v) is 6.77. The van der Waals surface area contributed by atoms with Gasteiger partial charge < -0.3 is 10.0 Å². The van der Waals surface area contributed by atoms with Gasteiger partial charge in [-0.15, -0.1) is 4.91 Å². The first kappa shape index (κ1) is 16.6. The van der Waals surface area contributed by atoms with Gasteiger partial charge in [0.25, 0.3) is 0 Å². The third-order valence-corrected chi connectivity index (χ3v) is 2.80. The topological polar surface area (TPSA) is 94.4 Å². The molecule has 2 N–H and O–H groups in total. The van der Waals surface area contributed by atoms with Crippen molar-refractivity contribution in [3.63, 3.8) is 0 Å². The third-order valence-electron chi connectivity index (χ3n) is 2.80. The minimum Gasteiger partial charge on any atom is -0.480 e. The fraction of sp³-hybridized carbons (Fsp3) is 0.429. The predicted octanol–water partition coefficient (Wildman–Crippen LogP) is 1.65. The van der Waals surface area contributed by atoms with Crippen molar-refractivity contribution >= 4 is 12.3 Å². The standard InChI is InChI=1S/C12H16N2.C2H4N2O3/c1-2-6-12(7-3-1)10-13-11-14-8-4-5-9-14;5-2(6)1-3-4-7/h1-3,6-7,11H,4-5,8-10H2;1H2,(H,3,7)(H,5,6). The van der Waals surface area contributed by atoms with Gasteiger partial charge in [-0.3, -0.25) is 15.2 Å². The van der Waals surface area contributed by atoms with E-state index in [0.717, 1.165) is 6.54 Å². The highest BCUT2D eigenvalue weighted by Crippen LogP contribution is 2.05. The van der Waals surface area contributed by atoms with E-state index in [0.29, 0.717) is 0 Å². The van der Waals surface area contributed by atoms with Crippen molar-refractivity contribution in [2.24, 2.45) is 10.3 Å². The number of carboxylic acid groups (broad SMARTS) is 1. The number of carboxylic acids is 1. The van der Waals surface area contributed by atoms with Crippen LogP contribution in [0.1, 0.15) is 18.4 Å². The van der Waals surface area contributed by atoms with E-state index in [2.05, 4.69) is 39.4 Å². The molecule has 0 aromatic heterocycles. The van der Waals surface area contributed by atoms with Crippen molar-refractivity contribution in [2.75, 3.05) is 19.6 Å². The van der Waals surface area contributed by atoms with E-state index in [1.165, 1.54) is 31.5 Å². The number of hydrogen-bond donors (Lipinski definition) is 2. The second-order valence-corrected chi connectivity index (χ2v) is 4.50. The van der Waals surface area contributed by atoms with Gasteiger partial charge in [-0.1, -0.05) is 30.3 Å². The Kier molecular flexibility index (Phi) is 8.20. The van der Waals surface area contributed by atoms with Crippen molar-refractivity contribution in [3.8, 4) is 0 Å². The van der Waals surface area contributed by atoms with E-state index in [-0.39, 0.29) is 0 Å². The smallest absolute Gasteiger partial charge is 0.324 e. The molecule has 0 unspecified atom stereocenters. The first-order valence-electron chi connectivity index (χ1n) is 6.77. The summed E-state index contributed by atoms with van der Waals surface area (Å²) in [5, 5.41) is 9.88. The van der Waals surface area contributed by atoms with E-state index < -0.39 is 12.5 Å². The summed E-state index contributed by atoms with van der Waals surface area (Å²) >= 11 is 0. The summed E-state index contributed by atoms with van der Waals surface area (Å²) in [6.45, 7) is 2.75. The average Bonchev–Trinajstić information content (AvgIpc) is 3.00. The van der Waals surface area contributed by atoms with Gasteiger partial charge in [0.15, 0.2) is 0 Å². The van der Waals surface area contributed by atoms with Crippen molar-refractivity contribution < 1.29 is 9.90 Å². The van der Waals surface area contributed by atoms with Crippen LogP contribution in [0.5, 0.6) is 0 Å². The van der Waals surface area contributed by atoms with E-state index >= 15 is 0 Å². The van der Waals surface area contributed by atoms with Gasteiger partial charge in [0.2, 0.25) is 0 Å². The molecule has 2 rings (SSSR count). The van der Waals surface area contributed by atoms with E-state index in [1.807, 2.05) is 12.4 Å². The number of carbonyl (C=O) groups is 1. The SMILES string of the molecule is C(=NCc1ccccc1)N1CCCC1.O=NNCC(=O)O. The molecular formula is C14H20N4O3. The molecule has 0 bridgehead atoms. The maximum Gasteiger partial charge on any atom is 0.324 e. The monoisotopic (exact) mass is 292 g/mol. The van der Waals surface area contributed by atoms with Gasteiger partial charge in [0.05, 0.1) is 18.2 Å². The highest BCUT2D eigenvalue weighted by atomic mass is 16.4. The Hall–Kier alpha value is -2.44. The van der Waals surface area contributed by atoms with Crippen molar-refractivity contribution in [3.05, 3.63) is 40.8 Å². The lowest BCUT2D eigenvalue weighted by molar-refractivity contribution is -0.135. The molecule has 1 aromatic carbocycles. The second-order valence-electron chi connectivity index (χ2n) is 4.50. The van der Waals surface area contributed by atoms with Crippen molar-refractivity contribution in [1.82, 2.24) is 10.3 Å². The molecule has 0 amide bonds. The molecule has 114 valence electrons. The van der Waals surface area contributed by atoms with Crippen molar-refractivity contribution in [2.45, 2.75) is 19.4 Å². The highest BCUT2D eigenvalue weighted by molar-refractivity contribution is 5.68. The number of rotatable bonds is 6. The molecule has 7 heteroatoms. The molecule has 0 atom stereocenters. The average molecular weight is 292 g/mol. The number of nitrogens with zero attached hydrogens (tertiary/aromatic N) is 3. The lowest BCUT2D eigenvalue weighted by Crippen LogP contribution is -2.16. The lowest BCUT2D eigenvalue weighted by Gasteiger charge is -2.08. The van der Waals surface area contributed by atoms with Gasteiger partial charge in [-0.25, -0.2) is 0 Å². The molecule has 0 spiro atoms. The zero-order chi connectivity index (χ0) is 15.3. The molecule has 1 saturated heterocycles. The molecule has 1 heterocycles. The molecule has 0 radical (unpaired) electrons. The van der Waals surface area contributed by atoms with Crippen LogP contribution in [0.3, 0.4) is 0 Å². The minimum atomic E-state index is -1.10. The Bertz CT molecular complexity index is 445. The maximum atomic E-state index is 9.50. The Balaban J connectivity index is 0.000000270. The van der Waals surface area contributed by atoms with Gasteiger partial charge in [0, 0.05) is 13.1 Å². The number of benzene rings is 1. The number of aliphatic carboxylic acids is 1. The Morgan fingerprint density at radius 2 is 1.95 bits per heavy atom. The van der Waals surface area contributed by atoms with Crippen LogP contribution in [0.4, 0.5) is 0 Å². The molecular weight excluding hydrogens is 272 g/mol. The number of nitrogens with one attached hydrogen (secondary N) is 1. The van der Waals surface area contributed by atoms with E-state index in [9.17, 15) is 4.79 Å². The number of likely N-dealkylation sites (tertiary alicyclic amines) is 1. The normalized spacial score (nSPS) is 13.6. The van der Waals surface area contributed by atoms with E-state index in [4.69, 9.17) is 10.0 Å². The molecule has 7 nitrogen and oxygen atoms in total. The predicted molar refractivity (Wildman–Crippen MR) is 80.9 cm³/mol. The number of aliphatic imine (C=N–C) groups is 1. The van der Waals surface area contributed by atoms with Crippen LogP contribution in [-0.4, -0.2) is 41.9 Å². The fourth-order valence-electron chi connectivity index (χ4n) is 1.80. The molecule has 1 fully saturated rings. The molecule has 21 heavy (non-hydrogen) atoms.